The predicted octanol–water partition coefficient (Wildman–Crippen LogP) is 10.1. The largest absolute Gasteiger partial charge is 0.328 e. The zero-order valence-corrected chi connectivity index (χ0v) is 30.4. The van der Waals surface area contributed by atoms with E-state index in [4.69, 9.17) is 15.0 Å². The van der Waals surface area contributed by atoms with Gasteiger partial charge in [-0.15, -0.1) is 0 Å². The van der Waals surface area contributed by atoms with Crippen LogP contribution in [0.15, 0.2) is 181 Å². The smallest absolute Gasteiger partial charge is 0.295 e. The van der Waals surface area contributed by atoms with Gasteiger partial charge in [-0.3, -0.25) is 9.13 Å². The highest BCUT2D eigenvalue weighted by Crippen LogP contribution is 2.57. The van der Waals surface area contributed by atoms with E-state index in [-0.39, 0.29) is 5.69 Å². The minimum absolute atomic E-state index is 0.0375. The summed E-state index contributed by atoms with van der Waals surface area (Å²) in [6.45, 7) is 0. The average molecular weight is 710 g/mol. The van der Waals surface area contributed by atoms with E-state index in [9.17, 15) is 4.79 Å². The van der Waals surface area contributed by atoms with Gasteiger partial charge >= 0.3 is 5.69 Å². The standard InChI is InChI=1S/C49H35N5O/c1-53-43-28-25-35(31-44(43)54(2)48(53)55)34-23-26-39-40-27-24-36(47-51-45(32-15-7-3-8-16-32)50-46(52-47)33-17-9-4-10-18-33)30-42(40)49(41(39)29-34,37-19-11-5-12-20-37)38-21-13-6-14-22-38/h3-31H,1-2H3. The van der Waals surface area contributed by atoms with E-state index in [1.807, 2.05) is 80.8 Å². The molecule has 0 fully saturated rings. The first kappa shape index (κ1) is 32.5. The first-order valence-electron chi connectivity index (χ1n) is 18.4. The number of aryl methyl sites for hydroxylation is 2. The van der Waals surface area contributed by atoms with Crippen molar-refractivity contribution in [3.8, 4) is 56.4 Å². The first-order chi connectivity index (χ1) is 27.0. The minimum atomic E-state index is -0.652. The van der Waals surface area contributed by atoms with Crippen LogP contribution in [-0.4, -0.2) is 24.1 Å². The van der Waals surface area contributed by atoms with E-state index in [1.165, 1.54) is 33.4 Å². The Kier molecular flexibility index (Phi) is 7.52. The first-order valence-corrected chi connectivity index (χ1v) is 18.4. The van der Waals surface area contributed by atoms with Gasteiger partial charge in [0.05, 0.1) is 16.4 Å². The Morgan fingerprint density at radius 2 is 0.800 bits per heavy atom. The van der Waals surface area contributed by atoms with E-state index < -0.39 is 5.41 Å². The molecule has 0 spiro atoms. The van der Waals surface area contributed by atoms with Crippen LogP contribution < -0.4 is 5.69 Å². The van der Waals surface area contributed by atoms with Crippen molar-refractivity contribution in [3.05, 3.63) is 209 Å². The molecular weight excluding hydrogens is 675 g/mol. The van der Waals surface area contributed by atoms with E-state index in [0.717, 1.165) is 38.9 Å². The minimum Gasteiger partial charge on any atom is -0.295 e. The SMILES string of the molecule is Cn1c(=O)n(C)c2cc(-c3ccc4c(c3)C(c3ccccc3)(c3ccccc3)c3cc(-c5nc(-c6ccccc6)nc(-c6ccccc6)n5)ccc3-4)ccc21. The summed E-state index contributed by atoms with van der Waals surface area (Å²) in [7, 11) is 3.65. The Morgan fingerprint density at radius 1 is 0.400 bits per heavy atom. The molecule has 0 N–H and O–H groups in total. The van der Waals surface area contributed by atoms with Crippen molar-refractivity contribution in [3.63, 3.8) is 0 Å². The van der Waals surface area contributed by atoms with E-state index >= 15 is 0 Å². The number of aromatic nitrogens is 5. The van der Waals surface area contributed by atoms with Crippen LogP contribution >= 0.6 is 0 Å². The van der Waals surface area contributed by atoms with Crippen molar-refractivity contribution in [1.29, 1.82) is 0 Å². The summed E-state index contributed by atoms with van der Waals surface area (Å²) in [6.07, 6.45) is 0. The summed E-state index contributed by atoms with van der Waals surface area (Å²) in [6, 6.07) is 61.6. The highest BCUT2D eigenvalue weighted by Gasteiger charge is 2.46. The Labute approximate surface area is 318 Å². The number of hydrogen-bond acceptors (Lipinski definition) is 4. The average Bonchev–Trinajstić information content (AvgIpc) is 3.67. The number of hydrogen-bond donors (Lipinski definition) is 0. The molecule has 1 aliphatic carbocycles. The van der Waals surface area contributed by atoms with Gasteiger partial charge in [-0.2, -0.15) is 0 Å². The number of nitrogens with zero attached hydrogens (tertiary/aromatic N) is 5. The molecule has 262 valence electrons. The molecule has 9 aromatic rings. The Hall–Kier alpha value is -7.18. The van der Waals surface area contributed by atoms with Crippen molar-refractivity contribution in [2.24, 2.45) is 14.1 Å². The molecule has 0 saturated carbocycles. The second-order valence-electron chi connectivity index (χ2n) is 14.1. The summed E-state index contributed by atoms with van der Waals surface area (Å²) in [4.78, 5) is 28.0. The van der Waals surface area contributed by atoms with Crippen molar-refractivity contribution < 1.29 is 0 Å². The molecular formula is C49H35N5O. The molecule has 2 heterocycles. The van der Waals surface area contributed by atoms with Crippen LogP contribution in [0.4, 0.5) is 0 Å². The molecule has 10 rings (SSSR count). The molecule has 0 aliphatic heterocycles. The molecule has 0 saturated heterocycles. The van der Waals surface area contributed by atoms with Crippen LogP contribution in [0.25, 0.3) is 67.5 Å². The third-order valence-corrected chi connectivity index (χ3v) is 11.1. The summed E-state index contributed by atoms with van der Waals surface area (Å²) < 4.78 is 3.42. The van der Waals surface area contributed by atoms with E-state index in [1.54, 1.807) is 9.13 Å². The molecule has 55 heavy (non-hydrogen) atoms. The lowest BCUT2D eigenvalue weighted by molar-refractivity contribution is 0.769. The highest BCUT2D eigenvalue weighted by atomic mass is 16.1. The number of fused-ring (bicyclic) bond motifs is 4. The van der Waals surface area contributed by atoms with E-state index in [0.29, 0.717) is 17.5 Å². The van der Waals surface area contributed by atoms with Gasteiger partial charge in [0.2, 0.25) is 0 Å². The molecule has 0 unspecified atom stereocenters. The van der Waals surface area contributed by atoms with Crippen LogP contribution in [0.1, 0.15) is 22.3 Å². The highest BCUT2D eigenvalue weighted by molar-refractivity contribution is 5.91. The lowest BCUT2D eigenvalue weighted by Gasteiger charge is -2.34. The Morgan fingerprint density at radius 3 is 1.33 bits per heavy atom. The Bertz CT molecular complexity index is 2860. The molecule has 7 aromatic carbocycles. The molecule has 0 atom stereocenters. The summed E-state index contributed by atoms with van der Waals surface area (Å²) in [5.41, 5.74) is 13.1. The summed E-state index contributed by atoms with van der Waals surface area (Å²) in [5, 5.41) is 0. The quantitative estimate of drug-likeness (QED) is 0.172. The zero-order valence-electron chi connectivity index (χ0n) is 30.4. The van der Waals surface area contributed by atoms with Crippen LogP contribution in [0.3, 0.4) is 0 Å². The van der Waals surface area contributed by atoms with Gasteiger partial charge in [-0.25, -0.2) is 19.7 Å². The van der Waals surface area contributed by atoms with Crippen molar-refractivity contribution >= 4 is 11.0 Å². The fourth-order valence-corrected chi connectivity index (χ4v) is 8.43. The maximum atomic E-state index is 12.8. The number of rotatable bonds is 6. The summed E-state index contributed by atoms with van der Waals surface area (Å²) >= 11 is 0. The zero-order chi connectivity index (χ0) is 37.1. The third kappa shape index (κ3) is 5.10. The maximum Gasteiger partial charge on any atom is 0.328 e. The fraction of sp³-hybridized carbons (Fsp3) is 0.0612. The molecule has 6 heteroatoms. The van der Waals surface area contributed by atoms with Crippen LogP contribution in [0.5, 0.6) is 0 Å². The van der Waals surface area contributed by atoms with E-state index in [2.05, 4.69) is 109 Å². The number of benzene rings is 7. The maximum absolute atomic E-state index is 12.8. The lowest BCUT2D eigenvalue weighted by atomic mass is 9.67. The Balaban J connectivity index is 1.23. The second-order valence-corrected chi connectivity index (χ2v) is 14.1. The lowest BCUT2D eigenvalue weighted by Crippen LogP contribution is -2.28. The third-order valence-electron chi connectivity index (χ3n) is 11.1. The van der Waals surface area contributed by atoms with Gasteiger partial charge in [0.15, 0.2) is 17.5 Å². The summed E-state index contributed by atoms with van der Waals surface area (Å²) in [5.74, 6) is 1.87. The fourth-order valence-electron chi connectivity index (χ4n) is 8.43. The number of imidazole rings is 1. The van der Waals surface area contributed by atoms with Crippen molar-refractivity contribution in [2.75, 3.05) is 0 Å². The van der Waals surface area contributed by atoms with Gasteiger partial charge in [0, 0.05) is 30.8 Å². The molecule has 6 nitrogen and oxygen atoms in total. The topological polar surface area (TPSA) is 65.6 Å². The predicted molar refractivity (Wildman–Crippen MR) is 221 cm³/mol. The van der Waals surface area contributed by atoms with Gasteiger partial charge in [0.1, 0.15) is 0 Å². The second kappa shape index (κ2) is 12.7. The van der Waals surface area contributed by atoms with Gasteiger partial charge < -0.3 is 0 Å². The van der Waals surface area contributed by atoms with Gasteiger partial charge in [-0.1, -0.05) is 152 Å². The monoisotopic (exact) mass is 709 g/mol. The molecule has 2 aromatic heterocycles. The van der Waals surface area contributed by atoms with Crippen LogP contribution in [0.2, 0.25) is 0 Å². The normalized spacial score (nSPS) is 12.8. The van der Waals surface area contributed by atoms with Crippen molar-refractivity contribution in [1.82, 2.24) is 24.1 Å². The van der Waals surface area contributed by atoms with Gasteiger partial charge in [0.25, 0.3) is 0 Å². The van der Waals surface area contributed by atoms with Gasteiger partial charge in [-0.05, 0) is 68.8 Å². The van der Waals surface area contributed by atoms with Crippen molar-refractivity contribution in [2.45, 2.75) is 5.41 Å². The van der Waals surface area contributed by atoms with Crippen LogP contribution in [0, 0.1) is 0 Å². The molecule has 1 aliphatic rings. The molecule has 0 bridgehead atoms. The van der Waals surface area contributed by atoms with Crippen LogP contribution in [-0.2, 0) is 19.5 Å². The molecule has 0 amide bonds. The molecule has 0 radical (unpaired) electrons.